The molecule has 33 heavy (non-hydrogen) atoms. The molecule has 10 nitrogen and oxygen atoms in total. The number of nitrogens with one attached hydrogen (secondary N) is 2. The van der Waals surface area contributed by atoms with Gasteiger partial charge in [0.25, 0.3) is 0 Å². The molecule has 2 N–H and O–H groups in total. The van der Waals surface area contributed by atoms with Crippen LogP contribution in [-0.4, -0.2) is 66.7 Å². The largest absolute Gasteiger partial charge is 0.361 e. The molecule has 3 rings (SSSR count). The first-order chi connectivity index (χ1) is 15.5. The first-order valence-electron chi connectivity index (χ1n) is 11.4. The number of anilines is 1. The van der Waals surface area contributed by atoms with E-state index in [9.17, 15) is 13.2 Å². The van der Waals surface area contributed by atoms with Crippen molar-refractivity contribution in [1.82, 2.24) is 24.3 Å². The monoisotopic (exact) mass is 496 g/mol. The van der Waals surface area contributed by atoms with Crippen LogP contribution in [0.25, 0.3) is 11.2 Å². The van der Waals surface area contributed by atoms with Crippen molar-refractivity contribution in [3.8, 4) is 0 Å². The van der Waals surface area contributed by atoms with Crippen LogP contribution in [0.15, 0.2) is 18.5 Å². The number of hydrogen-bond donors (Lipinski definition) is 2. The Morgan fingerprint density at radius 2 is 2.09 bits per heavy atom. The van der Waals surface area contributed by atoms with E-state index in [0.717, 1.165) is 12.7 Å². The number of carbonyl (C=O) groups excluding carboxylic acids is 1. The molecular weight excluding hydrogens is 460 g/mol. The fraction of sp³-hybridized carbons (Fsp3) is 0.667. The third-order valence-corrected chi connectivity index (χ3v) is 9.57. The second kappa shape index (κ2) is 10.5. The minimum atomic E-state index is -3.32. The summed E-state index contributed by atoms with van der Waals surface area (Å²) in [5.74, 6) is -0.159. The van der Waals surface area contributed by atoms with Gasteiger partial charge in [-0.2, -0.15) is 0 Å². The molecule has 0 radical (unpaired) electrons. The van der Waals surface area contributed by atoms with Crippen molar-refractivity contribution < 1.29 is 17.9 Å². The van der Waals surface area contributed by atoms with Crippen molar-refractivity contribution in [3.63, 3.8) is 0 Å². The summed E-state index contributed by atoms with van der Waals surface area (Å²) >= 11 is 0. The van der Waals surface area contributed by atoms with Crippen molar-refractivity contribution >= 4 is 41.0 Å². The second-order valence-corrected chi connectivity index (χ2v) is 17.7. The zero-order valence-electron chi connectivity index (χ0n) is 20.2. The zero-order chi connectivity index (χ0) is 24.2. The van der Waals surface area contributed by atoms with Crippen LogP contribution in [0.5, 0.6) is 0 Å². The molecule has 12 heteroatoms. The lowest BCUT2D eigenvalue weighted by molar-refractivity contribution is -0.127. The Morgan fingerprint density at radius 3 is 2.79 bits per heavy atom. The van der Waals surface area contributed by atoms with Crippen LogP contribution in [0.2, 0.25) is 25.7 Å². The molecule has 0 aromatic carbocycles. The predicted octanol–water partition coefficient (Wildman–Crippen LogP) is 2.49. The fourth-order valence-corrected chi connectivity index (χ4v) is 5.59. The van der Waals surface area contributed by atoms with E-state index < -0.39 is 24.0 Å². The van der Waals surface area contributed by atoms with Gasteiger partial charge in [-0.25, -0.2) is 22.7 Å². The number of fused-ring (bicyclic) bond motifs is 1. The zero-order valence-corrected chi connectivity index (χ0v) is 22.0. The number of hydrogen-bond acceptors (Lipinski definition) is 7. The van der Waals surface area contributed by atoms with Crippen molar-refractivity contribution in [2.24, 2.45) is 11.8 Å². The molecule has 0 unspecified atom stereocenters. The van der Waals surface area contributed by atoms with Gasteiger partial charge in [0.15, 0.2) is 11.5 Å². The topological polar surface area (TPSA) is 118 Å². The number of amides is 1. The number of nitrogens with zero attached hydrogens (tertiary/aromatic N) is 4. The molecule has 1 saturated heterocycles. The molecule has 1 aliphatic heterocycles. The van der Waals surface area contributed by atoms with Crippen LogP contribution in [-0.2, 0) is 26.3 Å². The van der Waals surface area contributed by atoms with Crippen LogP contribution in [0.4, 0.5) is 5.82 Å². The first kappa shape index (κ1) is 25.6. The number of rotatable bonds is 10. The summed E-state index contributed by atoms with van der Waals surface area (Å²) in [4.78, 5) is 21.7. The maximum absolute atomic E-state index is 12.8. The van der Waals surface area contributed by atoms with E-state index >= 15 is 0 Å². The van der Waals surface area contributed by atoms with Crippen LogP contribution >= 0.6 is 0 Å². The van der Waals surface area contributed by atoms with Crippen LogP contribution in [0.3, 0.4) is 0 Å². The fourth-order valence-electron chi connectivity index (χ4n) is 3.70. The average molecular weight is 497 g/mol. The van der Waals surface area contributed by atoms with Crippen LogP contribution < -0.4 is 10.9 Å². The maximum Gasteiger partial charge on any atom is 0.243 e. The lowest BCUT2D eigenvalue weighted by Gasteiger charge is -2.35. The lowest BCUT2D eigenvalue weighted by Crippen LogP contribution is -2.50. The van der Waals surface area contributed by atoms with Gasteiger partial charge in [0.1, 0.15) is 12.2 Å². The summed E-state index contributed by atoms with van der Waals surface area (Å²) in [5, 5.41) is 0. The molecule has 0 aliphatic carbocycles. The van der Waals surface area contributed by atoms with E-state index in [-0.39, 0.29) is 24.1 Å². The molecule has 2 aromatic heterocycles. The smallest absolute Gasteiger partial charge is 0.243 e. The quantitative estimate of drug-likeness (QED) is 0.295. The summed E-state index contributed by atoms with van der Waals surface area (Å²) in [5.41, 5.74) is 6.90. The molecule has 1 fully saturated rings. The van der Waals surface area contributed by atoms with Gasteiger partial charge >= 0.3 is 0 Å². The van der Waals surface area contributed by atoms with Gasteiger partial charge in [-0.3, -0.25) is 15.6 Å². The van der Waals surface area contributed by atoms with Gasteiger partial charge < -0.3 is 9.30 Å². The Kier molecular flexibility index (Phi) is 8.14. The van der Waals surface area contributed by atoms with E-state index in [0.29, 0.717) is 36.7 Å². The molecule has 0 spiro atoms. The first-order valence-corrected chi connectivity index (χ1v) is 16.7. The molecule has 0 bridgehead atoms. The summed E-state index contributed by atoms with van der Waals surface area (Å²) < 4.78 is 33.5. The van der Waals surface area contributed by atoms with Crippen LogP contribution in [0.1, 0.15) is 20.3 Å². The van der Waals surface area contributed by atoms with E-state index in [1.165, 1.54) is 4.31 Å². The lowest BCUT2D eigenvalue weighted by atomic mass is 9.87. The minimum absolute atomic E-state index is 0.0343. The Morgan fingerprint density at radius 1 is 1.33 bits per heavy atom. The maximum atomic E-state index is 12.8. The van der Waals surface area contributed by atoms with Gasteiger partial charge in [-0.15, -0.1) is 0 Å². The number of sulfonamides is 1. The third-order valence-electron chi connectivity index (χ3n) is 6.02. The number of ether oxygens (including phenoxy) is 1. The van der Waals surface area contributed by atoms with Crippen molar-refractivity contribution in [2.45, 2.75) is 52.7 Å². The number of hydrazine groups is 1. The van der Waals surface area contributed by atoms with Gasteiger partial charge in [0, 0.05) is 34.0 Å². The van der Waals surface area contributed by atoms with E-state index in [2.05, 4.69) is 40.5 Å². The molecule has 3 heterocycles. The normalized spacial score (nSPS) is 20.2. The molecule has 1 aliphatic rings. The van der Waals surface area contributed by atoms with Crippen molar-refractivity contribution in [3.05, 3.63) is 18.5 Å². The SMILES string of the molecule is CCS(=O)(=O)N1CC[C@@H](C)[C@H](C(=O)NNc2cnc3c(ccn3COCC[Si](C)(C)C)n2)C1. The van der Waals surface area contributed by atoms with E-state index in [1.54, 1.807) is 13.1 Å². The molecule has 2 atom stereocenters. The van der Waals surface area contributed by atoms with Crippen LogP contribution in [0, 0.1) is 11.8 Å². The molecule has 1 amide bonds. The number of carbonyl (C=O) groups is 1. The Labute approximate surface area is 197 Å². The Hall–Kier alpha value is -2.02. The highest BCUT2D eigenvalue weighted by Crippen LogP contribution is 2.25. The second-order valence-electron chi connectivity index (χ2n) is 9.84. The summed E-state index contributed by atoms with van der Waals surface area (Å²) in [6.45, 7) is 12.3. The molecule has 0 saturated carbocycles. The minimum Gasteiger partial charge on any atom is -0.361 e. The van der Waals surface area contributed by atoms with E-state index in [1.807, 2.05) is 23.8 Å². The highest BCUT2D eigenvalue weighted by Gasteiger charge is 2.35. The van der Waals surface area contributed by atoms with Crippen molar-refractivity contribution in [1.29, 1.82) is 0 Å². The predicted molar refractivity (Wildman–Crippen MR) is 132 cm³/mol. The molecule has 184 valence electrons. The van der Waals surface area contributed by atoms with E-state index in [4.69, 9.17) is 4.74 Å². The average Bonchev–Trinajstić information content (AvgIpc) is 3.16. The highest BCUT2D eigenvalue weighted by atomic mass is 32.2. The number of piperidine rings is 1. The third kappa shape index (κ3) is 6.75. The molecular formula is C21H36N6O4SSi. The number of aromatic nitrogens is 3. The molecule has 2 aromatic rings. The Balaban J connectivity index is 1.57. The Bertz CT molecular complexity index is 1070. The van der Waals surface area contributed by atoms with Gasteiger partial charge in [0.2, 0.25) is 15.9 Å². The summed E-state index contributed by atoms with van der Waals surface area (Å²) in [6.07, 6.45) is 4.09. The summed E-state index contributed by atoms with van der Waals surface area (Å²) in [7, 11) is -4.45. The summed E-state index contributed by atoms with van der Waals surface area (Å²) in [6, 6.07) is 2.96. The van der Waals surface area contributed by atoms with Gasteiger partial charge in [0.05, 0.1) is 17.9 Å². The van der Waals surface area contributed by atoms with Gasteiger partial charge in [-0.05, 0) is 31.4 Å². The standard InChI is InChI=1S/C21H36N6O4SSi/c1-6-32(29,30)27-10-7-16(2)17(14-27)21(28)25-24-19-13-22-20-18(23-19)8-9-26(20)15-31-11-12-33(3,4)5/h8-9,13,16-17H,6-7,10-12,14-15H2,1-5H3,(H,23,24)(H,25,28)/t16-,17-/m1/s1. The highest BCUT2D eigenvalue weighted by molar-refractivity contribution is 7.89. The van der Waals surface area contributed by atoms with Gasteiger partial charge in [-0.1, -0.05) is 26.6 Å². The van der Waals surface area contributed by atoms with Crippen molar-refractivity contribution in [2.75, 3.05) is 30.9 Å².